The Bertz CT molecular complexity index is 598. The van der Waals surface area contributed by atoms with Crippen molar-refractivity contribution in [3.8, 4) is 5.75 Å². The van der Waals surface area contributed by atoms with Crippen molar-refractivity contribution in [2.24, 2.45) is 0 Å². The van der Waals surface area contributed by atoms with Crippen molar-refractivity contribution in [3.63, 3.8) is 0 Å². The molecule has 0 aromatic heterocycles. The van der Waals surface area contributed by atoms with E-state index in [9.17, 15) is 13.5 Å². The molecule has 1 saturated heterocycles. The molecule has 2 rings (SSSR count). The van der Waals surface area contributed by atoms with E-state index in [4.69, 9.17) is 4.74 Å². The number of hydrogen-bond acceptors (Lipinski definition) is 5. The van der Waals surface area contributed by atoms with E-state index in [0.29, 0.717) is 18.3 Å². The maximum Gasteiger partial charge on any atom is 0.156 e. The summed E-state index contributed by atoms with van der Waals surface area (Å²) in [5.41, 5.74) is 2.09. The number of rotatable bonds is 5. The Labute approximate surface area is 126 Å². The van der Waals surface area contributed by atoms with Gasteiger partial charge in [-0.1, -0.05) is 31.5 Å². The van der Waals surface area contributed by atoms with Crippen molar-refractivity contribution in [1.82, 2.24) is 5.32 Å². The monoisotopic (exact) mass is 313 g/mol. The van der Waals surface area contributed by atoms with E-state index < -0.39 is 22.0 Å². The van der Waals surface area contributed by atoms with Gasteiger partial charge >= 0.3 is 0 Å². The van der Waals surface area contributed by atoms with Gasteiger partial charge in [0.15, 0.2) is 9.84 Å². The zero-order valence-electron chi connectivity index (χ0n) is 12.7. The lowest BCUT2D eigenvalue weighted by molar-refractivity contribution is 0.0730. The molecule has 2 atom stereocenters. The van der Waals surface area contributed by atoms with Gasteiger partial charge in [-0.15, -0.1) is 0 Å². The van der Waals surface area contributed by atoms with Crippen molar-refractivity contribution < 1.29 is 18.3 Å². The summed E-state index contributed by atoms with van der Waals surface area (Å²) in [5, 5.41) is 13.2. The Hall–Kier alpha value is -1.11. The fourth-order valence-electron chi connectivity index (χ4n) is 2.35. The third-order valence-electron chi connectivity index (χ3n) is 3.47. The SMILES string of the molecule is Cc1ccc(OC2CS(=O)(=O)CC2O)c(CNC(C)C)c1. The summed E-state index contributed by atoms with van der Waals surface area (Å²) >= 11 is 0. The van der Waals surface area contributed by atoms with Crippen LogP contribution < -0.4 is 10.1 Å². The minimum absolute atomic E-state index is 0.126. The summed E-state index contributed by atoms with van der Waals surface area (Å²) in [5.74, 6) is 0.289. The number of aliphatic hydroxyl groups is 1. The summed E-state index contributed by atoms with van der Waals surface area (Å²) in [6, 6.07) is 6.12. The molecule has 118 valence electrons. The number of aliphatic hydroxyl groups excluding tert-OH is 1. The molecule has 21 heavy (non-hydrogen) atoms. The van der Waals surface area contributed by atoms with E-state index in [1.807, 2.05) is 25.1 Å². The van der Waals surface area contributed by atoms with Gasteiger partial charge in [0, 0.05) is 18.2 Å². The first-order chi connectivity index (χ1) is 9.77. The van der Waals surface area contributed by atoms with Crippen LogP contribution in [-0.2, 0) is 16.4 Å². The molecule has 1 fully saturated rings. The van der Waals surface area contributed by atoms with Crippen molar-refractivity contribution >= 4 is 9.84 Å². The smallest absolute Gasteiger partial charge is 0.156 e. The molecule has 6 heteroatoms. The number of aryl methyl sites for hydroxylation is 1. The van der Waals surface area contributed by atoms with Gasteiger partial charge in [0.05, 0.1) is 11.5 Å². The van der Waals surface area contributed by atoms with Crippen molar-refractivity contribution in [2.75, 3.05) is 11.5 Å². The molecule has 1 aliphatic heterocycles. The van der Waals surface area contributed by atoms with Crippen LogP contribution in [0.5, 0.6) is 5.75 Å². The molecule has 0 amide bonds. The Morgan fingerprint density at radius 1 is 1.38 bits per heavy atom. The van der Waals surface area contributed by atoms with Crippen LogP contribution in [0.4, 0.5) is 0 Å². The molecule has 2 unspecified atom stereocenters. The number of sulfone groups is 1. The topological polar surface area (TPSA) is 75.6 Å². The highest BCUT2D eigenvalue weighted by molar-refractivity contribution is 7.91. The average Bonchev–Trinajstić information content (AvgIpc) is 2.62. The lowest BCUT2D eigenvalue weighted by Gasteiger charge is -2.19. The fraction of sp³-hybridized carbons (Fsp3) is 0.600. The Morgan fingerprint density at radius 2 is 2.10 bits per heavy atom. The van der Waals surface area contributed by atoms with Gasteiger partial charge in [0.2, 0.25) is 0 Å². The third kappa shape index (κ3) is 4.43. The number of nitrogens with one attached hydrogen (secondary N) is 1. The van der Waals surface area contributed by atoms with Crippen molar-refractivity contribution in [2.45, 2.75) is 45.6 Å². The molecular formula is C15H23NO4S. The van der Waals surface area contributed by atoms with E-state index in [2.05, 4.69) is 19.2 Å². The van der Waals surface area contributed by atoms with E-state index in [1.165, 1.54) is 0 Å². The fourth-order valence-corrected chi connectivity index (χ4v) is 4.01. The van der Waals surface area contributed by atoms with Gasteiger partial charge in [0.1, 0.15) is 18.0 Å². The average molecular weight is 313 g/mol. The Kier molecular flexibility index (Phi) is 4.91. The Balaban J connectivity index is 2.16. The highest BCUT2D eigenvalue weighted by atomic mass is 32.2. The number of benzene rings is 1. The summed E-state index contributed by atoms with van der Waals surface area (Å²) in [4.78, 5) is 0. The second-order valence-corrected chi connectivity index (χ2v) is 8.10. The summed E-state index contributed by atoms with van der Waals surface area (Å²) in [6.45, 7) is 6.76. The zero-order chi connectivity index (χ0) is 15.6. The van der Waals surface area contributed by atoms with Crippen LogP contribution >= 0.6 is 0 Å². The van der Waals surface area contributed by atoms with Gasteiger partial charge < -0.3 is 15.2 Å². The van der Waals surface area contributed by atoms with Crippen LogP contribution in [0.15, 0.2) is 18.2 Å². The Morgan fingerprint density at radius 3 is 2.67 bits per heavy atom. The maximum atomic E-state index is 11.5. The standard InChI is InChI=1S/C15H23NO4S/c1-10(2)16-7-12-6-11(3)4-5-14(12)20-15-9-21(18,19)8-13(15)17/h4-6,10,13,15-17H,7-9H2,1-3H3. The van der Waals surface area contributed by atoms with Crippen LogP contribution in [0.3, 0.4) is 0 Å². The van der Waals surface area contributed by atoms with Gasteiger partial charge in [0.25, 0.3) is 0 Å². The summed E-state index contributed by atoms with van der Waals surface area (Å²) in [6.07, 6.45) is -1.64. The minimum atomic E-state index is -3.20. The first-order valence-electron chi connectivity index (χ1n) is 7.15. The summed E-state index contributed by atoms with van der Waals surface area (Å²) < 4.78 is 28.9. The van der Waals surface area contributed by atoms with E-state index in [0.717, 1.165) is 11.1 Å². The molecule has 1 heterocycles. The molecule has 0 radical (unpaired) electrons. The largest absolute Gasteiger partial charge is 0.486 e. The molecular weight excluding hydrogens is 290 g/mol. The van der Waals surface area contributed by atoms with Crippen LogP contribution in [0.2, 0.25) is 0 Å². The van der Waals surface area contributed by atoms with Gasteiger partial charge in [-0.3, -0.25) is 0 Å². The van der Waals surface area contributed by atoms with E-state index in [1.54, 1.807) is 0 Å². The van der Waals surface area contributed by atoms with Crippen molar-refractivity contribution in [1.29, 1.82) is 0 Å². The molecule has 2 N–H and O–H groups in total. The first kappa shape index (κ1) is 16.3. The lowest BCUT2D eigenvalue weighted by Crippen LogP contribution is -2.30. The predicted octanol–water partition coefficient (Wildman–Crippen LogP) is 1.03. The molecule has 5 nitrogen and oxygen atoms in total. The van der Waals surface area contributed by atoms with Crippen LogP contribution in [-0.4, -0.2) is 43.3 Å². The van der Waals surface area contributed by atoms with Crippen LogP contribution in [0, 0.1) is 6.92 Å². The second-order valence-electron chi connectivity index (χ2n) is 5.95. The van der Waals surface area contributed by atoms with E-state index in [-0.39, 0.29) is 11.5 Å². The quantitative estimate of drug-likeness (QED) is 0.849. The number of hydrogen-bond donors (Lipinski definition) is 2. The molecule has 0 aliphatic carbocycles. The highest BCUT2D eigenvalue weighted by Gasteiger charge is 2.38. The highest BCUT2D eigenvalue weighted by Crippen LogP contribution is 2.25. The van der Waals surface area contributed by atoms with E-state index >= 15 is 0 Å². The summed E-state index contributed by atoms with van der Waals surface area (Å²) in [7, 11) is -3.20. The normalized spacial score (nSPS) is 24.4. The molecule has 0 spiro atoms. The van der Waals surface area contributed by atoms with Crippen LogP contribution in [0.25, 0.3) is 0 Å². The maximum absolute atomic E-state index is 11.5. The molecule has 0 saturated carbocycles. The molecule has 1 aromatic carbocycles. The second kappa shape index (κ2) is 6.34. The number of ether oxygens (including phenoxy) is 1. The van der Waals surface area contributed by atoms with Crippen LogP contribution in [0.1, 0.15) is 25.0 Å². The predicted molar refractivity (Wildman–Crippen MR) is 82.2 cm³/mol. The molecule has 1 aromatic rings. The molecule has 0 bridgehead atoms. The molecule has 1 aliphatic rings. The van der Waals surface area contributed by atoms with Crippen molar-refractivity contribution in [3.05, 3.63) is 29.3 Å². The van der Waals surface area contributed by atoms with Gasteiger partial charge in [-0.05, 0) is 13.0 Å². The third-order valence-corrected chi connectivity index (χ3v) is 5.15. The minimum Gasteiger partial charge on any atom is -0.486 e. The lowest BCUT2D eigenvalue weighted by atomic mass is 10.1. The van der Waals surface area contributed by atoms with Gasteiger partial charge in [-0.25, -0.2) is 8.42 Å². The first-order valence-corrected chi connectivity index (χ1v) is 8.97. The zero-order valence-corrected chi connectivity index (χ0v) is 13.5. The van der Waals surface area contributed by atoms with Gasteiger partial charge in [-0.2, -0.15) is 0 Å².